The van der Waals surface area contributed by atoms with Gasteiger partial charge in [-0.15, -0.1) is 10.2 Å². The number of carbonyl (C=O) groups is 1. The second-order valence-corrected chi connectivity index (χ2v) is 8.77. The van der Waals surface area contributed by atoms with Crippen molar-refractivity contribution in [3.8, 4) is 0 Å². The van der Waals surface area contributed by atoms with Gasteiger partial charge in [-0.3, -0.25) is 9.20 Å². The maximum Gasteiger partial charge on any atom is 0.255 e. The molecule has 5 rings (SSSR count). The highest BCUT2D eigenvalue weighted by molar-refractivity contribution is 5.94. The molecule has 0 N–H and O–H groups in total. The molecule has 6 nitrogen and oxygen atoms in total. The fraction of sp³-hybridized carbons (Fsp3) is 0.667. The molecule has 0 radical (unpaired) electrons. The van der Waals surface area contributed by atoms with E-state index in [0.717, 1.165) is 42.6 Å². The van der Waals surface area contributed by atoms with Gasteiger partial charge in [0.2, 0.25) is 0 Å². The summed E-state index contributed by atoms with van der Waals surface area (Å²) in [4.78, 5) is 17.9. The van der Waals surface area contributed by atoms with Crippen molar-refractivity contribution < 1.29 is 4.79 Å². The van der Waals surface area contributed by atoms with Crippen molar-refractivity contribution in [2.75, 3.05) is 32.7 Å². The first-order valence-corrected chi connectivity index (χ1v) is 10.6. The van der Waals surface area contributed by atoms with Gasteiger partial charge in [-0.05, 0) is 75.0 Å². The van der Waals surface area contributed by atoms with E-state index in [9.17, 15) is 4.79 Å². The first kappa shape index (κ1) is 17.2. The molecule has 4 heterocycles. The second kappa shape index (κ2) is 7.23. The molecule has 27 heavy (non-hydrogen) atoms. The van der Waals surface area contributed by atoms with Crippen molar-refractivity contribution in [1.29, 1.82) is 0 Å². The standard InChI is InChI=1S/C21H29N5O/c27-21(19-7-8-20-23-22-15-26(20)14-19)25-10-2-4-18(13-25)17-3-1-9-24(12-17)11-16-5-6-16/h7-8,14-18H,1-6,9-13H2. The van der Waals surface area contributed by atoms with Gasteiger partial charge in [0, 0.05) is 32.4 Å². The highest BCUT2D eigenvalue weighted by Gasteiger charge is 2.34. The molecule has 1 amide bonds. The molecule has 0 aromatic carbocycles. The summed E-state index contributed by atoms with van der Waals surface area (Å²) in [6, 6.07) is 3.76. The van der Waals surface area contributed by atoms with Gasteiger partial charge in [0.05, 0.1) is 5.56 Å². The average molecular weight is 367 g/mol. The molecule has 0 spiro atoms. The number of carbonyl (C=O) groups excluding carboxylic acids is 1. The number of pyridine rings is 1. The predicted octanol–water partition coefficient (Wildman–Crippen LogP) is 2.70. The summed E-state index contributed by atoms with van der Waals surface area (Å²) in [5, 5.41) is 7.92. The van der Waals surface area contributed by atoms with E-state index in [4.69, 9.17) is 0 Å². The third kappa shape index (κ3) is 3.72. The average Bonchev–Trinajstić information content (AvgIpc) is 3.40. The Morgan fingerprint density at radius 3 is 2.70 bits per heavy atom. The van der Waals surface area contributed by atoms with E-state index in [1.165, 1.54) is 51.7 Å². The van der Waals surface area contributed by atoms with Crippen LogP contribution in [-0.4, -0.2) is 63.0 Å². The Labute approximate surface area is 160 Å². The molecule has 2 aromatic heterocycles. The van der Waals surface area contributed by atoms with Gasteiger partial charge in [-0.2, -0.15) is 0 Å². The van der Waals surface area contributed by atoms with E-state index < -0.39 is 0 Å². The van der Waals surface area contributed by atoms with Crippen LogP contribution in [0.1, 0.15) is 48.9 Å². The van der Waals surface area contributed by atoms with Crippen LogP contribution < -0.4 is 0 Å². The van der Waals surface area contributed by atoms with Crippen molar-refractivity contribution in [2.24, 2.45) is 17.8 Å². The van der Waals surface area contributed by atoms with Gasteiger partial charge >= 0.3 is 0 Å². The van der Waals surface area contributed by atoms with Gasteiger partial charge < -0.3 is 9.80 Å². The Morgan fingerprint density at radius 2 is 1.85 bits per heavy atom. The molecule has 2 saturated heterocycles. The quantitative estimate of drug-likeness (QED) is 0.834. The number of likely N-dealkylation sites (tertiary alicyclic amines) is 2. The normalized spacial score (nSPS) is 27.2. The maximum atomic E-state index is 13.1. The minimum atomic E-state index is 0.154. The summed E-state index contributed by atoms with van der Waals surface area (Å²) in [6.45, 7) is 5.64. The number of fused-ring (bicyclic) bond motifs is 1. The molecule has 6 heteroatoms. The maximum absolute atomic E-state index is 13.1. The van der Waals surface area contributed by atoms with E-state index in [1.54, 1.807) is 6.33 Å². The van der Waals surface area contributed by atoms with Crippen molar-refractivity contribution in [2.45, 2.75) is 38.5 Å². The molecule has 2 aliphatic heterocycles. The number of hydrogen-bond donors (Lipinski definition) is 0. The molecule has 0 bridgehead atoms. The van der Waals surface area contributed by atoms with Gasteiger partial charge in [0.25, 0.3) is 5.91 Å². The highest BCUT2D eigenvalue weighted by Crippen LogP contribution is 2.34. The molecule has 1 aliphatic carbocycles. The Hall–Kier alpha value is -1.95. The molecule has 3 aliphatic rings. The number of aromatic nitrogens is 3. The van der Waals surface area contributed by atoms with E-state index in [0.29, 0.717) is 5.92 Å². The minimum Gasteiger partial charge on any atom is -0.338 e. The molecular weight excluding hydrogens is 338 g/mol. The van der Waals surface area contributed by atoms with Crippen molar-refractivity contribution in [3.63, 3.8) is 0 Å². The fourth-order valence-electron chi connectivity index (χ4n) is 5.02. The lowest BCUT2D eigenvalue weighted by molar-refractivity contribution is 0.0526. The third-order valence-electron chi connectivity index (χ3n) is 6.70. The Kier molecular flexibility index (Phi) is 4.60. The molecule has 3 fully saturated rings. The van der Waals surface area contributed by atoms with Crippen LogP contribution in [0.3, 0.4) is 0 Å². The molecule has 1 saturated carbocycles. The summed E-state index contributed by atoms with van der Waals surface area (Å²) in [5.74, 6) is 2.54. The van der Waals surface area contributed by atoms with Gasteiger partial charge in [-0.1, -0.05) is 0 Å². The number of nitrogens with zero attached hydrogens (tertiary/aromatic N) is 5. The van der Waals surface area contributed by atoms with E-state index >= 15 is 0 Å². The minimum absolute atomic E-state index is 0.154. The SMILES string of the molecule is O=C(c1ccc2nncn2c1)N1CCCC(C2CCCN(CC3CC3)C2)C1. The van der Waals surface area contributed by atoms with Gasteiger partial charge in [0.15, 0.2) is 5.65 Å². The number of amides is 1. The monoisotopic (exact) mass is 367 g/mol. The van der Waals surface area contributed by atoms with Gasteiger partial charge in [0.1, 0.15) is 6.33 Å². The fourth-order valence-corrected chi connectivity index (χ4v) is 5.02. The second-order valence-electron chi connectivity index (χ2n) is 8.77. The van der Waals surface area contributed by atoms with Crippen LogP contribution >= 0.6 is 0 Å². The summed E-state index contributed by atoms with van der Waals surface area (Å²) in [7, 11) is 0. The zero-order valence-electron chi connectivity index (χ0n) is 16.0. The smallest absolute Gasteiger partial charge is 0.255 e. The van der Waals surface area contributed by atoms with E-state index in [-0.39, 0.29) is 5.91 Å². The topological polar surface area (TPSA) is 53.7 Å². The van der Waals surface area contributed by atoms with Crippen LogP contribution in [0, 0.1) is 17.8 Å². The van der Waals surface area contributed by atoms with Crippen LogP contribution in [-0.2, 0) is 0 Å². The lowest BCUT2D eigenvalue weighted by Gasteiger charge is -2.41. The van der Waals surface area contributed by atoms with Crippen LogP contribution in [0.25, 0.3) is 5.65 Å². The first-order valence-electron chi connectivity index (χ1n) is 10.6. The Balaban J connectivity index is 1.25. The lowest BCUT2D eigenvalue weighted by Crippen LogP contribution is -2.46. The largest absolute Gasteiger partial charge is 0.338 e. The van der Waals surface area contributed by atoms with E-state index in [2.05, 4.69) is 20.0 Å². The number of rotatable bonds is 4. The summed E-state index contributed by atoms with van der Waals surface area (Å²) < 4.78 is 1.82. The van der Waals surface area contributed by atoms with Crippen LogP contribution in [0.2, 0.25) is 0 Å². The summed E-state index contributed by atoms with van der Waals surface area (Å²) in [5.41, 5.74) is 1.52. The number of piperidine rings is 2. The first-order chi connectivity index (χ1) is 13.3. The van der Waals surface area contributed by atoms with Crippen molar-refractivity contribution >= 4 is 11.6 Å². The van der Waals surface area contributed by atoms with Crippen LogP contribution in [0.15, 0.2) is 24.7 Å². The molecule has 144 valence electrons. The number of hydrogen-bond acceptors (Lipinski definition) is 4. The zero-order valence-corrected chi connectivity index (χ0v) is 16.0. The summed E-state index contributed by atoms with van der Waals surface area (Å²) >= 11 is 0. The molecule has 2 atom stereocenters. The highest BCUT2D eigenvalue weighted by atomic mass is 16.2. The van der Waals surface area contributed by atoms with Crippen molar-refractivity contribution in [1.82, 2.24) is 24.4 Å². The molecular formula is C21H29N5O. The Morgan fingerprint density at radius 1 is 1.04 bits per heavy atom. The Bertz CT molecular complexity index is 814. The zero-order chi connectivity index (χ0) is 18.2. The molecule has 2 aromatic rings. The third-order valence-corrected chi connectivity index (χ3v) is 6.70. The van der Waals surface area contributed by atoms with Crippen molar-refractivity contribution in [3.05, 3.63) is 30.2 Å². The van der Waals surface area contributed by atoms with Gasteiger partial charge in [-0.25, -0.2) is 0 Å². The van der Waals surface area contributed by atoms with Crippen LogP contribution in [0.4, 0.5) is 0 Å². The van der Waals surface area contributed by atoms with E-state index in [1.807, 2.05) is 22.7 Å². The lowest BCUT2D eigenvalue weighted by atomic mass is 9.80. The van der Waals surface area contributed by atoms with Crippen LogP contribution in [0.5, 0.6) is 0 Å². The molecule has 2 unspecified atom stereocenters. The summed E-state index contributed by atoms with van der Waals surface area (Å²) in [6.07, 6.45) is 11.4. The predicted molar refractivity (Wildman–Crippen MR) is 104 cm³/mol.